The molecule has 0 saturated carbocycles. The molecule has 2 aliphatic rings. The Hall–Kier alpha value is -1.44. The van der Waals surface area contributed by atoms with E-state index in [0.717, 1.165) is 30.0 Å². The van der Waals surface area contributed by atoms with Crippen molar-refractivity contribution in [3.63, 3.8) is 0 Å². The minimum atomic E-state index is -0.438. The predicted octanol–water partition coefficient (Wildman–Crippen LogP) is 0.351. The lowest BCUT2D eigenvalue weighted by molar-refractivity contribution is -0.125. The largest absolute Gasteiger partial charge is 0.377 e. The van der Waals surface area contributed by atoms with Gasteiger partial charge in [-0.25, -0.2) is 0 Å². The van der Waals surface area contributed by atoms with Gasteiger partial charge in [0.2, 0.25) is 0 Å². The molecule has 7 heteroatoms. The van der Waals surface area contributed by atoms with Gasteiger partial charge in [-0.2, -0.15) is 5.10 Å². The van der Waals surface area contributed by atoms with Crippen molar-refractivity contribution in [3.05, 3.63) is 17.0 Å². The minimum Gasteiger partial charge on any atom is -0.377 e. The Balaban J connectivity index is 1.81. The second-order valence-electron chi connectivity index (χ2n) is 6.35. The van der Waals surface area contributed by atoms with Crippen molar-refractivity contribution in [1.29, 1.82) is 0 Å². The lowest BCUT2D eigenvalue weighted by atomic mass is 10.0. The third-order valence-corrected chi connectivity index (χ3v) is 4.67. The van der Waals surface area contributed by atoms with Gasteiger partial charge in [-0.1, -0.05) is 0 Å². The van der Waals surface area contributed by atoms with E-state index < -0.39 is 5.60 Å². The van der Waals surface area contributed by atoms with Crippen molar-refractivity contribution < 1.29 is 14.3 Å². The lowest BCUT2D eigenvalue weighted by Gasteiger charge is -2.41. The van der Waals surface area contributed by atoms with E-state index in [-0.39, 0.29) is 5.91 Å². The highest BCUT2D eigenvalue weighted by molar-refractivity contribution is 5.96. The third kappa shape index (κ3) is 3.13. The summed E-state index contributed by atoms with van der Waals surface area (Å²) in [5.74, 6) is 0.0478. The van der Waals surface area contributed by atoms with Crippen molar-refractivity contribution >= 4 is 5.91 Å². The van der Waals surface area contributed by atoms with Gasteiger partial charge in [0.25, 0.3) is 5.91 Å². The fourth-order valence-electron chi connectivity index (χ4n) is 3.45. The number of carbonyl (C=O) groups excluding carboxylic acids is 1. The van der Waals surface area contributed by atoms with Crippen LogP contribution in [0.25, 0.3) is 0 Å². The Labute approximate surface area is 136 Å². The highest BCUT2D eigenvalue weighted by Crippen LogP contribution is 2.23. The summed E-state index contributed by atoms with van der Waals surface area (Å²) in [7, 11) is 0. The molecule has 1 aromatic rings. The van der Waals surface area contributed by atoms with E-state index in [1.54, 1.807) is 0 Å². The summed E-state index contributed by atoms with van der Waals surface area (Å²) in [4.78, 5) is 14.9. The molecule has 1 unspecified atom stereocenters. The van der Waals surface area contributed by atoms with Crippen LogP contribution in [0.15, 0.2) is 0 Å². The van der Waals surface area contributed by atoms with Crippen LogP contribution in [0.3, 0.4) is 0 Å². The van der Waals surface area contributed by atoms with Gasteiger partial charge >= 0.3 is 0 Å². The zero-order chi connectivity index (χ0) is 16.4. The predicted molar refractivity (Wildman–Crippen MR) is 85.7 cm³/mol. The van der Waals surface area contributed by atoms with Crippen molar-refractivity contribution in [3.8, 4) is 0 Å². The van der Waals surface area contributed by atoms with Crippen molar-refractivity contribution in [1.82, 2.24) is 20.0 Å². The molecule has 1 amide bonds. The van der Waals surface area contributed by atoms with Gasteiger partial charge < -0.3 is 19.7 Å². The molecule has 3 rings (SSSR count). The molecule has 0 radical (unpaired) electrons. The maximum absolute atomic E-state index is 13.0. The van der Waals surface area contributed by atoms with E-state index >= 15 is 0 Å². The normalized spacial score (nSPS) is 25.6. The summed E-state index contributed by atoms with van der Waals surface area (Å²) in [5, 5.41) is 7.80. The number of nitrogens with zero attached hydrogens (tertiary/aromatic N) is 3. The van der Waals surface area contributed by atoms with Crippen LogP contribution in [0.4, 0.5) is 0 Å². The number of rotatable bonds is 2. The van der Waals surface area contributed by atoms with E-state index in [1.165, 1.54) is 0 Å². The molecule has 0 aliphatic carbocycles. The zero-order valence-electron chi connectivity index (χ0n) is 14.2. The number of morpholine rings is 1. The minimum absolute atomic E-state index is 0.0478. The highest BCUT2D eigenvalue weighted by atomic mass is 16.5. The molecule has 1 N–H and O–H groups in total. The van der Waals surface area contributed by atoms with Gasteiger partial charge in [-0.05, 0) is 20.8 Å². The number of aromatic nitrogens is 2. The van der Waals surface area contributed by atoms with Crippen molar-refractivity contribution in [2.24, 2.45) is 0 Å². The van der Waals surface area contributed by atoms with Crippen LogP contribution >= 0.6 is 0 Å². The van der Waals surface area contributed by atoms with Crippen LogP contribution in [-0.2, 0) is 16.0 Å². The summed E-state index contributed by atoms with van der Waals surface area (Å²) < 4.78 is 13.5. The Morgan fingerprint density at radius 3 is 2.96 bits per heavy atom. The number of carbonyl (C=O) groups is 1. The SMILES string of the molecule is CCn1nc(C)c(C(=O)N2CCOC3(CNCCOC3)C2)c1C. The fourth-order valence-corrected chi connectivity index (χ4v) is 3.45. The summed E-state index contributed by atoms with van der Waals surface area (Å²) in [6, 6.07) is 0. The second kappa shape index (κ2) is 6.59. The van der Waals surface area contributed by atoms with Crippen molar-refractivity contribution in [2.75, 3.05) is 46.0 Å². The van der Waals surface area contributed by atoms with E-state index in [2.05, 4.69) is 10.4 Å². The lowest BCUT2D eigenvalue weighted by Crippen LogP contribution is -2.59. The van der Waals surface area contributed by atoms with E-state index in [4.69, 9.17) is 9.47 Å². The first kappa shape index (κ1) is 16.4. The van der Waals surface area contributed by atoms with E-state index in [1.807, 2.05) is 30.4 Å². The van der Waals surface area contributed by atoms with E-state index in [0.29, 0.717) is 39.5 Å². The molecule has 128 valence electrons. The number of hydrogen-bond acceptors (Lipinski definition) is 5. The van der Waals surface area contributed by atoms with Gasteiger partial charge in [-0.15, -0.1) is 0 Å². The molecule has 0 bridgehead atoms. The molecule has 23 heavy (non-hydrogen) atoms. The Kier molecular flexibility index (Phi) is 4.70. The van der Waals surface area contributed by atoms with Crippen molar-refractivity contribution in [2.45, 2.75) is 32.9 Å². The van der Waals surface area contributed by atoms with E-state index in [9.17, 15) is 4.79 Å². The Morgan fingerprint density at radius 2 is 2.22 bits per heavy atom. The number of hydrogen-bond donors (Lipinski definition) is 1. The van der Waals surface area contributed by atoms with Gasteiger partial charge in [0.1, 0.15) is 5.60 Å². The molecular formula is C16H26N4O3. The van der Waals surface area contributed by atoms with Crippen LogP contribution in [0, 0.1) is 13.8 Å². The molecule has 3 heterocycles. The monoisotopic (exact) mass is 322 g/mol. The first-order chi connectivity index (χ1) is 11.1. The highest BCUT2D eigenvalue weighted by Gasteiger charge is 2.40. The van der Waals surface area contributed by atoms with Crippen LogP contribution in [0.5, 0.6) is 0 Å². The number of aryl methyl sites for hydroxylation is 2. The summed E-state index contributed by atoms with van der Waals surface area (Å²) in [6.07, 6.45) is 0. The Bertz CT molecular complexity index is 576. The number of nitrogens with one attached hydrogen (secondary N) is 1. The van der Waals surface area contributed by atoms with Crippen LogP contribution in [0.2, 0.25) is 0 Å². The smallest absolute Gasteiger partial charge is 0.257 e. The topological polar surface area (TPSA) is 68.6 Å². The number of ether oxygens (including phenoxy) is 2. The maximum Gasteiger partial charge on any atom is 0.257 e. The average molecular weight is 322 g/mol. The third-order valence-electron chi connectivity index (χ3n) is 4.67. The first-order valence-electron chi connectivity index (χ1n) is 8.32. The summed E-state index contributed by atoms with van der Waals surface area (Å²) in [5.41, 5.74) is 2.02. The van der Waals surface area contributed by atoms with Gasteiger partial charge in [-0.3, -0.25) is 9.48 Å². The standard InChI is InChI=1S/C16H26N4O3/c1-4-20-13(3)14(12(2)18-20)15(21)19-6-8-23-16(10-19)9-17-5-7-22-11-16/h17H,4-11H2,1-3H3. The summed E-state index contributed by atoms with van der Waals surface area (Å²) >= 11 is 0. The van der Waals surface area contributed by atoms with Gasteiger partial charge in [0, 0.05) is 31.9 Å². The molecule has 2 aliphatic heterocycles. The Morgan fingerprint density at radius 1 is 1.39 bits per heavy atom. The summed E-state index contributed by atoms with van der Waals surface area (Å²) in [6.45, 7) is 11.1. The molecule has 7 nitrogen and oxygen atoms in total. The molecular weight excluding hydrogens is 296 g/mol. The zero-order valence-corrected chi connectivity index (χ0v) is 14.2. The molecule has 1 atom stereocenters. The quantitative estimate of drug-likeness (QED) is 0.851. The second-order valence-corrected chi connectivity index (χ2v) is 6.35. The fraction of sp³-hybridized carbons (Fsp3) is 0.750. The average Bonchev–Trinajstić information content (AvgIpc) is 2.71. The van der Waals surface area contributed by atoms with Crippen LogP contribution < -0.4 is 5.32 Å². The van der Waals surface area contributed by atoms with Gasteiger partial charge in [0.15, 0.2) is 0 Å². The number of amides is 1. The first-order valence-corrected chi connectivity index (χ1v) is 8.32. The maximum atomic E-state index is 13.0. The molecule has 0 aromatic carbocycles. The molecule has 2 saturated heterocycles. The molecule has 1 spiro atoms. The van der Waals surface area contributed by atoms with Crippen LogP contribution in [0.1, 0.15) is 28.7 Å². The van der Waals surface area contributed by atoms with Crippen LogP contribution in [-0.4, -0.2) is 72.2 Å². The molecule has 1 aromatic heterocycles. The molecule has 2 fully saturated rings. The van der Waals surface area contributed by atoms with Gasteiger partial charge in [0.05, 0.1) is 37.6 Å².